The largest absolute Gasteiger partial charge is 0.469 e. The van der Waals surface area contributed by atoms with Gasteiger partial charge in [0.2, 0.25) is 5.91 Å². The molecule has 1 fully saturated rings. The molecule has 0 bridgehead atoms. The van der Waals surface area contributed by atoms with Crippen LogP contribution in [-0.4, -0.2) is 48.0 Å². The number of esters is 2. The number of likely N-dealkylation sites (tertiary alicyclic amines) is 1. The van der Waals surface area contributed by atoms with Gasteiger partial charge in [-0.1, -0.05) is 0 Å². The van der Waals surface area contributed by atoms with Crippen molar-refractivity contribution in [3.63, 3.8) is 0 Å². The van der Waals surface area contributed by atoms with E-state index in [2.05, 4.69) is 4.74 Å². The third-order valence-electron chi connectivity index (χ3n) is 2.91. The Kier molecular flexibility index (Phi) is 4.55. The van der Waals surface area contributed by atoms with Crippen LogP contribution in [-0.2, 0) is 23.9 Å². The fourth-order valence-corrected chi connectivity index (χ4v) is 1.94. The zero-order chi connectivity index (χ0) is 14.8. The van der Waals surface area contributed by atoms with Gasteiger partial charge in [0.15, 0.2) is 0 Å². The maximum Gasteiger partial charge on any atom is 0.329 e. The smallest absolute Gasteiger partial charge is 0.329 e. The van der Waals surface area contributed by atoms with Crippen LogP contribution in [0.15, 0.2) is 0 Å². The highest BCUT2D eigenvalue weighted by Gasteiger charge is 2.40. The Hall–Kier alpha value is -1.59. The van der Waals surface area contributed by atoms with E-state index in [0.717, 1.165) is 0 Å². The first kappa shape index (κ1) is 15.5. The molecule has 1 aliphatic rings. The highest BCUT2D eigenvalue weighted by Crippen LogP contribution is 2.22. The number of rotatable bonds is 3. The molecule has 6 nitrogen and oxygen atoms in total. The highest BCUT2D eigenvalue weighted by molar-refractivity contribution is 5.90. The lowest BCUT2D eigenvalue weighted by Crippen LogP contribution is -2.43. The summed E-state index contributed by atoms with van der Waals surface area (Å²) in [7, 11) is 1.28. The SMILES string of the molecule is COC(=O)C1CC(=O)N(C(C)C(=O)OC(C)(C)C)C1. The molecule has 108 valence electrons. The molecule has 2 unspecified atom stereocenters. The minimum atomic E-state index is -0.693. The molecule has 0 aromatic heterocycles. The predicted molar refractivity (Wildman–Crippen MR) is 67.1 cm³/mol. The van der Waals surface area contributed by atoms with E-state index in [9.17, 15) is 14.4 Å². The molecule has 0 N–H and O–H groups in total. The Morgan fingerprint density at radius 2 is 1.95 bits per heavy atom. The summed E-state index contributed by atoms with van der Waals surface area (Å²) in [4.78, 5) is 36.5. The summed E-state index contributed by atoms with van der Waals surface area (Å²) in [6, 6.07) is -0.693. The van der Waals surface area contributed by atoms with Crippen LogP contribution in [0, 0.1) is 5.92 Å². The second-order valence-electron chi connectivity index (χ2n) is 5.68. The zero-order valence-electron chi connectivity index (χ0n) is 12.1. The Labute approximate surface area is 113 Å². The van der Waals surface area contributed by atoms with Crippen molar-refractivity contribution in [3.8, 4) is 0 Å². The fourth-order valence-electron chi connectivity index (χ4n) is 1.94. The van der Waals surface area contributed by atoms with Crippen molar-refractivity contribution < 1.29 is 23.9 Å². The van der Waals surface area contributed by atoms with Gasteiger partial charge in [0.1, 0.15) is 11.6 Å². The first-order chi connectivity index (χ1) is 8.65. The standard InChI is InChI=1S/C13H21NO5/c1-8(11(16)19-13(2,3)4)14-7-9(6-10(14)15)12(17)18-5/h8-9H,6-7H2,1-5H3. The minimum absolute atomic E-state index is 0.0831. The van der Waals surface area contributed by atoms with Crippen LogP contribution in [0.5, 0.6) is 0 Å². The second-order valence-corrected chi connectivity index (χ2v) is 5.68. The Morgan fingerprint density at radius 1 is 1.37 bits per heavy atom. The van der Waals surface area contributed by atoms with E-state index in [1.54, 1.807) is 27.7 Å². The lowest BCUT2D eigenvalue weighted by Gasteiger charge is -2.27. The normalized spacial score (nSPS) is 21.2. The number of amides is 1. The van der Waals surface area contributed by atoms with Crippen LogP contribution in [0.4, 0.5) is 0 Å². The quantitative estimate of drug-likeness (QED) is 0.708. The Bertz CT molecular complexity index is 385. The number of nitrogens with zero attached hydrogens (tertiary/aromatic N) is 1. The summed E-state index contributed by atoms with van der Waals surface area (Å²) in [5.41, 5.74) is -0.601. The van der Waals surface area contributed by atoms with E-state index >= 15 is 0 Å². The van der Waals surface area contributed by atoms with E-state index in [1.165, 1.54) is 12.0 Å². The minimum Gasteiger partial charge on any atom is -0.469 e. The van der Waals surface area contributed by atoms with Gasteiger partial charge in [0.05, 0.1) is 13.0 Å². The maximum atomic E-state index is 11.9. The number of methoxy groups -OCH3 is 1. The molecule has 2 atom stereocenters. The van der Waals surface area contributed by atoms with Gasteiger partial charge in [0, 0.05) is 13.0 Å². The molecule has 1 heterocycles. The first-order valence-corrected chi connectivity index (χ1v) is 6.26. The highest BCUT2D eigenvalue weighted by atomic mass is 16.6. The number of carbonyl (C=O) groups is 3. The van der Waals surface area contributed by atoms with Gasteiger partial charge in [-0.3, -0.25) is 9.59 Å². The van der Waals surface area contributed by atoms with Crippen LogP contribution in [0.3, 0.4) is 0 Å². The van der Waals surface area contributed by atoms with Crippen LogP contribution in [0.2, 0.25) is 0 Å². The van der Waals surface area contributed by atoms with Crippen LogP contribution < -0.4 is 0 Å². The topological polar surface area (TPSA) is 72.9 Å². The third-order valence-corrected chi connectivity index (χ3v) is 2.91. The van der Waals surface area contributed by atoms with Crippen molar-refractivity contribution in [3.05, 3.63) is 0 Å². The lowest BCUT2D eigenvalue weighted by atomic mass is 10.1. The van der Waals surface area contributed by atoms with Crippen LogP contribution in [0.25, 0.3) is 0 Å². The summed E-state index contributed by atoms with van der Waals surface area (Å²) in [5, 5.41) is 0. The molecule has 6 heteroatoms. The second kappa shape index (κ2) is 5.59. The summed E-state index contributed by atoms with van der Waals surface area (Å²) < 4.78 is 9.85. The molecule has 0 aromatic rings. The van der Waals surface area contributed by atoms with Crippen molar-refractivity contribution in [2.24, 2.45) is 5.92 Å². The molecule has 0 aromatic carbocycles. The molecule has 0 aliphatic carbocycles. The van der Waals surface area contributed by atoms with E-state index in [1.807, 2.05) is 0 Å². The predicted octanol–water partition coefficient (Wildman–Crippen LogP) is 0.738. The summed E-state index contributed by atoms with van der Waals surface area (Å²) in [6.07, 6.45) is 0.0831. The van der Waals surface area contributed by atoms with Crippen LogP contribution in [0.1, 0.15) is 34.1 Å². The van der Waals surface area contributed by atoms with Gasteiger partial charge >= 0.3 is 11.9 Å². The van der Waals surface area contributed by atoms with E-state index < -0.39 is 29.5 Å². The average Bonchev–Trinajstić information content (AvgIpc) is 2.67. The number of hydrogen-bond acceptors (Lipinski definition) is 5. The Balaban J connectivity index is 2.68. The molecular formula is C13H21NO5. The molecule has 1 rings (SSSR count). The fraction of sp³-hybridized carbons (Fsp3) is 0.769. The molecule has 0 saturated carbocycles. The van der Waals surface area contributed by atoms with Gasteiger partial charge in [-0.05, 0) is 27.7 Å². The molecular weight excluding hydrogens is 250 g/mol. The van der Waals surface area contributed by atoms with Gasteiger partial charge < -0.3 is 14.4 Å². The first-order valence-electron chi connectivity index (χ1n) is 6.26. The number of hydrogen-bond donors (Lipinski definition) is 0. The van der Waals surface area contributed by atoms with Crippen molar-refractivity contribution in [2.45, 2.75) is 45.8 Å². The van der Waals surface area contributed by atoms with Gasteiger partial charge in [-0.25, -0.2) is 4.79 Å². The molecule has 0 spiro atoms. The zero-order valence-corrected chi connectivity index (χ0v) is 12.1. The number of carbonyl (C=O) groups excluding carboxylic acids is 3. The molecule has 19 heavy (non-hydrogen) atoms. The van der Waals surface area contributed by atoms with Crippen molar-refractivity contribution >= 4 is 17.8 Å². The number of ether oxygens (including phenoxy) is 2. The lowest BCUT2D eigenvalue weighted by molar-refractivity contribution is -0.163. The average molecular weight is 271 g/mol. The van der Waals surface area contributed by atoms with Gasteiger partial charge in [-0.2, -0.15) is 0 Å². The third kappa shape index (κ3) is 3.94. The summed E-state index contributed by atoms with van der Waals surface area (Å²) >= 11 is 0. The van der Waals surface area contributed by atoms with Crippen molar-refractivity contribution in [1.29, 1.82) is 0 Å². The van der Waals surface area contributed by atoms with Crippen molar-refractivity contribution in [1.82, 2.24) is 4.90 Å². The van der Waals surface area contributed by atoms with Gasteiger partial charge in [0.25, 0.3) is 0 Å². The molecule has 0 radical (unpaired) electrons. The monoisotopic (exact) mass is 271 g/mol. The molecule has 1 saturated heterocycles. The van der Waals surface area contributed by atoms with Gasteiger partial charge in [-0.15, -0.1) is 0 Å². The van der Waals surface area contributed by atoms with E-state index in [-0.39, 0.29) is 18.9 Å². The van der Waals surface area contributed by atoms with Crippen LogP contribution >= 0.6 is 0 Å². The maximum absolute atomic E-state index is 11.9. The van der Waals surface area contributed by atoms with E-state index in [4.69, 9.17) is 4.74 Å². The summed E-state index contributed by atoms with van der Waals surface area (Å²) in [6.45, 7) is 7.10. The van der Waals surface area contributed by atoms with Crippen molar-refractivity contribution in [2.75, 3.05) is 13.7 Å². The Morgan fingerprint density at radius 3 is 2.42 bits per heavy atom. The molecule has 1 aliphatic heterocycles. The summed E-state index contributed by atoms with van der Waals surface area (Å²) in [5.74, 6) is -1.62. The molecule has 1 amide bonds. The van der Waals surface area contributed by atoms with E-state index in [0.29, 0.717) is 0 Å².